The van der Waals surface area contributed by atoms with Crippen molar-refractivity contribution < 1.29 is 9.53 Å². The number of nitrogen functional groups attached to an aromatic ring is 1. The van der Waals surface area contributed by atoms with Crippen LogP contribution in [0.5, 0.6) is 0 Å². The average Bonchev–Trinajstić information content (AvgIpc) is 2.42. The van der Waals surface area contributed by atoms with Crippen LogP contribution in [0.15, 0.2) is 24.3 Å². The first kappa shape index (κ1) is 14.8. The number of carbonyl (C=O) groups is 1. The highest BCUT2D eigenvalue weighted by Gasteiger charge is 2.23. The van der Waals surface area contributed by atoms with Crippen LogP contribution in [-0.2, 0) is 9.53 Å². The number of ether oxygens (including phenoxy) is 1. The van der Waals surface area contributed by atoms with Gasteiger partial charge in [-0.3, -0.25) is 9.69 Å². The predicted molar refractivity (Wildman–Crippen MR) is 80.6 cm³/mol. The molecule has 5 heteroatoms. The molecule has 3 N–H and O–H groups in total. The molecule has 2 rings (SSSR count). The van der Waals surface area contributed by atoms with E-state index in [1.165, 1.54) is 0 Å². The van der Waals surface area contributed by atoms with Crippen LogP contribution in [-0.4, -0.2) is 42.6 Å². The number of para-hydroxylation sites is 2. The zero-order chi connectivity index (χ0) is 14.5. The second-order valence-corrected chi connectivity index (χ2v) is 5.37. The summed E-state index contributed by atoms with van der Waals surface area (Å²) in [4.78, 5) is 14.3. The standard InChI is InChI=1S/C15H23N3O2/c1-11-10-20-12(2)9-18(11)8-7-15(19)17-14-6-4-3-5-13(14)16/h3-6,11-12H,7-10,16H2,1-2H3,(H,17,19). The fourth-order valence-corrected chi connectivity index (χ4v) is 2.35. The molecule has 1 amide bonds. The number of anilines is 2. The number of nitrogens with two attached hydrogens (primary N) is 1. The minimum atomic E-state index is -0.00533. The highest BCUT2D eigenvalue weighted by Crippen LogP contribution is 2.17. The number of amides is 1. The lowest BCUT2D eigenvalue weighted by Gasteiger charge is -2.36. The SMILES string of the molecule is CC1CN(CCC(=O)Nc2ccccc2N)C(C)CO1. The molecule has 0 saturated carbocycles. The maximum Gasteiger partial charge on any atom is 0.225 e. The molecule has 0 aliphatic carbocycles. The maximum atomic E-state index is 12.0. The first-order valence-electron chi connectivity index (χ1n) is 7.06. The Morgan fingerprint density at radius 1 is 1.45 bits per heavy atom. The largest absolute Gasteiger partial charge is 0.397 e. The molecule has 110 valence electrons. The van der Waals surface area contributed by atoms with Gasteiger partial charge >= 0.3 is 0 Å². The van der Waals surface area contributed by atoms with E-state index in [1.807, 2.05) is 18.2 Å². The number of nitrogens with zero attached hydrogens (tertiary/aromatic N) is 1. The first-order valence-corrected chi connectivity index (χ1v) is 7.06. The molecule has 1 aliphatic heterocycles. The van der Waals surface area contributed by atoms with E-state index >= 15 is 0 Å². The number of benzene rings is 1. The number of nitrogens with one attached hydrogen (secondary N) is 1. The molecule has 1 saturated heterocycles. The lowest BCUT2D eigenvalue weighted by molar-refractivity contribution is -0.117. The summed E-state index contributed by atoms with van der Waals surface area (Å²) in [6.45, 7) is 6.53. The molecule has 20 heavy (non-hydrogen) atoms. The van der Waals surface area contributed by atoms with Gasteiger partial charge in [0.25, 0.3) is 0 Å². The maximum absolute atomic E-state index is 12.0. The Hall–Kier alpha value is -1.59. The van der Waals surface area contributed by atoms with Gasteiger partial charge in [0.15, 0.2) is 0 Å². The zero-order valence-electron chi connectivity index (χ0n) is 12.1. The van der Waals surface area contributed by atoms with Crippen molar-refractivity contribution >= 4 is 17.3 Å². The van der Waals surface area contributed by atoms with Crippen LogP contribution in [0.4, 0.5) is 11.4 Å². The Labute approximate surface area is 120 Å². The normalized spacial score (nSPS) is 23.5. The highest BCUT2D eigenvalue weighted by molar-refractivity contribution is 5.93. The van der Waals surface area contributed by atoms with Crippen LogP contribution in [0.2, 0.25) is 0 Å². The lowest BCUT2D eigenvalue weighted by atomic mass is 10.2. The van der Waals surface area contributed by atoms with E-state index < -0.39 is 0 Å². The van der Waals surface area contributed by atoms with Crippen LogP contribution >= 0.6 is 0 Å². The van der Waals surface area contributed by atoms with Crippen molar-refractivity contribution in [2.45, 2.75) is 32.4 Å². The molecule has 1 aliphatic rings. The number of hydrogen-bond acceptors (Lipinski definition) is 4. The monoisotopic (exact) mass is 277 g/mol. The van der Waals surface area contributed by atoms with Gasteiger partial charge in [-0.2, -0.15) is 0 Å². The van der Waals surface area contributed by atoms with E-state index in [2.05, 4.69) is 24.1 Å². The Morgan fingerprint density at radius 2 is 2.20 bits per heavy atom. The van der Waals surface area contributed by atoms with E-state index in [-0.39, 0.29) is 12.0 Å². The Kier molecular flexibility index (Phi) is 4.98. The smallest absolute Gasteiger partial charge is 0.225 e. The summed E-state index contributed by atoms with van der Waals surface area (Å²) >= 11 is 0. The van der Waals surface area contributed by atoms with Crippen molar-refractivity contribution in [1.82, 2.24) is 4.90 Å². The van der Waals surface area contributed by atoms with Gasteiger partial charge in [0.05, 0.1) is 24.1 Å². The van der Waals surface area contributed by atoms with Crippen molar-refractivity contribution in [3.05, 3.63) is 24.3 Å². The van der Waals surface area contributed by atoms with Gasteiger partial charge in [-0.25, -0.2) is 0 Å². The Morgan fingerprint density at radius 3 is 2.95 bits per heavy atom. The van der Waals surface area contributed by atoms with Gasteiger partial charge in [0.2, 0.25) is 5.91 Å². The molecular formula is C15H23N3O2. The fourth-order valence-electron chi connectivity index (χ4n) is 2.35. The van der Waals surface area contributed by atoms with Crippen molar-refractivity contribution in [3.8, 4) is 0 Å². The van der Waals surface area contributed by atoms with Gasteiger partial charge in [-0.05, 0) is 26.0 Å². The molecule has 0 radical (unpaired) electrons. The molecule has 1 fully saturated rings. The van der Waals surface area contributed by atoms with E-state index in [9.17, 15) is 4.79 Å². The van der Waals surface area contributed by atoms with Gasteiger partial charge in [-0.15, -0.1) is 0 Å². The summed E-state index contributed by atoms with van der Waals surface area (Å²) in [5.74, 6) is -0.00533. The lowest BCUT2D eigenvalue weighted by Crippen LogP contribution is -2.48. The summed E-state index contributed by atoms with van der Waals surface area (Å²) in [6.07, 6.45) is 0.699. The Balaban J connectivity index is 1.82. The molecule has 1 aromatic rings. The van der Waals surface area contributed by atoms with Crippen molar-refractivity contribution in [1.29, 1.82) is 0 Å². The predicted octanol–water partition coefficient (Wildman–Crippen LogP) is 1.71. The van der Waals surface area contributed by atoms with Crippen LogP contribution in [0.1, 0.15) is 20.3 Å². The number of hydrogen-bond donors (Lipinski definition) is 2. The molecule has 5 nitrogen and oxygen atoms in total. The van der Waals surface area contributed by atoms with Crippen molar-refractivity contribution in [2.75, 3.05) is 30.7 Å². The third-order valence-electron chi connectivity index (χ3n) is 3.60. The van der Waals surface area contributed by atoms with E-state index in [0.717, 1.165) is 19.7 Å². The van der Waals surface area contributed by atoms with Gasteiger partial charge in [0.1, 0.15) is 0 Å². The summed E-state index contributed by atoms with van der Waals surface area (Å²) in [5.41, 5.74) is 7.08. The van der Waals surface area contributed by atoms with E-state index in [0.29, 0.717) is 23.8 Å². The van der Waals surface area contributed by atoms with Crippen LogP contribution in [0, 0.1) is 0 Å². The zero-order valence-corrected chi connectivity index (χ0v) is 12.1. The molecular weight excluding hydrogens is 254 g/mol. The molecule has 0 spiro atoms. The quantitative estimate of drug-likeness (QED) is 0.822. The topological polar surface area (TPSA) is 67.6 Å². The molecule has 0 aromatic heterocycles. The molecule has 1 aromatic carbocycles. The van der Waals surface area contributed by atoms with Crippen LogP contribution in [0.25, 0.3) is 0 Å². The second-order valence-electron chi connectivity index (χ2n) is 5.37. The minimum absolute atomic E-state index is 0.00533. The second kappa shape index (κ2) is 6.72. The average molecular weight is 277 g/mol. The molecule has 1 heterocycles. The molecule has 2 atom stereocenters. The fraction of sp³-hybridized carbons (Fsp3) is 0.533. The summed E-state index contributed by atoms with van der Waals surface area (Å²) in [5, 5.41) is 2.85. The highest BCUT2D eigenvalue weighted by atomic mass is 16.5. The van der Waals surface area contributed by atoms with Crippen molar-refractivity contribution in [2.24, 2.45) is 0 Å². The van der Waals surface area contributed by atoms with E-state index in [1.54, 1.807) is 6.07 Å². The minimum Gasteiger partial charge on any atom is -0.397 e. The Bertz CT molecular complexity index is 464. The van der Waals surface area contributed by atoms with Crippen LogP contribution < -0.4 is 11.1 Å². The van der Waals surface area contributed by atoms with Gasteiger partial charge in [-0.1, -0.05) is 12.1 Å². The number of morpholine rings is 1. The van der Waals surface area contributed by atoms with Crippen molar-refractivity contribution in [3.63, 3.8) is 0 Å². The third kappa shape index (κ3) is 3.95. The van der Waals surface area contributed by atoms with Gasteiger partial charge in [0, 0.05) is 25.6 Å². The summed E-state index contributed by atoms with van der Waals surface area (Å²) < 4.78 is 5.58. The first-order chi connectivity index (χ1) is 9.56. The van der Waals surface area contributed by atoms with E-state index in [4.69, 9.17) is 10.5 Å². The number of carbonyl (C=O) groups excluding carboxylic acids is 1. The third-order valence-corrected chi connectivity index (χ3v) is 3.60. The molecule has 2 unspecified atom stereocenters. The summed E-state index contributed by atoms with van der Waals surface area (Å²) in [6, 6.07) is 7.66. The van der Waals surface area contributed by atoms with Gasteiger partial charge < -0.3 is 15.8 Å². The van der Waals surface area contributed by atoms with Crippen LogP contribution in [0.3, 0.4) is 0 Å². The number of rotatable bonds is 4. The molecule has 0 bridgehead atoms. The summed E-state index contributed by atoms with van der Waals surface area (Å²) in [7, 11) is 0.